The maximum Gasteiger partial charge on any atom is 0.328 e. The third-order valence-electron chi connectivity index (χ3n) is 11.0. The van der Waals surface area contributed by atoms with Crippen molar-refractivity contribution in [3.05, 3.63) is 76.1 Å². The van der Waals surface area contributed by atoms with Crippen LogP contribution in [0.3, 0.4) is 0 Å². The molecule has 55 heavy (non-hydrogen) atoms. The lowest BCUT2D eigenvalue weighted by atomic mass is 9.78. The summed E-state index contributed by atoms with van der Waals surface area (Å²) < 4.78 is 43.1. The fraction of sp³-hybridized carbons (Fsp3) is 0.500. The summed E-state index contributed by atoms with van der Waals surface area (Å²) in [5, 5.41) is 12.0. The molecule has 298 valence electrons. The van der Waals surface area contributed by atoms with Gasteiger partial charge in [0.1, 0.15) is 52.1 Å². The zero-order valence-electron chi connectivity index (χ0n) is 32.3. The van der Waals surface area contributed by atoms with Gasteiger partial charge in [0.25, 0.3) is 5.91 Å². The van der Waals surface area contributed by atoms with E-state index in [-0.39, 0.29) is 35.5 Å². The minimum absolute atomic E-state index is 0.0233. The molecule has 2 aromatic carbocycles. The van der Waals surface area contributed by atoms with Crippen LogP contribution in [0.2, 0.25) is 5.02 Å². The van der Waals surface area contributed by atoms with Crippen LogP contribution >= 0.6 is 11.6 Å². The fourth-order valence-electron chi connectivity index (χ4n) is 7.31. The van der Waals surface area contributed by atoms with Crippen LogP contribution in [0, 0.1) is 11.7 Å². The van der Waals surface area contributed by atoms with Crippen LogP contribution in [0.15, 0.2) is 54.1 Å². The zero-order valence-corrected chi connectivity index (χ0v) is 33.0. The number of anilines is 2. The van der Waals surface area contributed by atoms with Gasteiger partial charge in [-0.3, -0.25) is 14.4 Å². The zero-order chi connectivity index (χ0) is 40.6. The van der Waals surface area contributed by atoms with Crippen molar-refractivity contribution in [2.24, 2.45) is 5.92 Å². The van der Waals surface area contributed by atoms with Gasteiger partial charge in [-0.15, -0.1) is 0 Å². The molecule has 0 spiro atoms. The second-order valence-corrected chi connectivity index (χ2v) is 15.2. The molecule has 3 aliphatic rings. The molecule has 3 aliphatic heterocycles. The summed E-state index contributed by atoms with van der Waals surface area (Å²) in [7, 11) is 5.86. The number of methoxy groups -OCH3 is 2. The van der Waals surface area contributed by atoms with Crippen LogP contribution < -0.4 is 15.4 Å². The summed E-state index contributed by atoms with van der Waals surface area (Å²) in [6, 6.07) is 5.88. The molecule has 0 saturated carbocycles. The lowest BCUT2D eigenvalue weighted by Gasteiger charge is -2.41. The van der Waals surface area contributed by atoms with Crippen molar-refractivity contribution in [3.8, 4) is 5.75 Å². The van der Waals surface area contributed by atoms with E-state index in [1.54, 1.807) is 45.2 Å². The number of hydrogen-bond donors (Lipinski definition) is 2. The molecule has 4 bridgehead atoms. The number of likely N-dealkylation sites (N-methyl/N-ethyl adjacent to an activating group) is 1. The molecule has 2 aromatic rings. The van der Waals surface area contributed by atoms with Crippen LogP contribution in [0.4, 0.5) is 15.8 Å². The Labute approximate surface area is 325 Å². The summed E-state index contributed by atoms with van der Waals surface area (Å²) in [6.45, 7) is 6.85. The number of nitrogen functional groups attached to an aromatic ring is 1. The predicted octanol–water partition coefficient (Wildman–Crippen LogP) is 4.80. The number of halogens is 2. The van der Waals surface area contributed by atoms with Crippen molar-refractivity contribution in [1.29, 1.82) is 0 Å². The third kappa shape index (κ3) is 8.67. The monoisotopic (exact) mass is 785 g/mol. The number of hydrogen-bond acceptors (Lipinski definition) is 11. The molecule has 13 nitrogen and oxygen atoms in total. The molecular formula is C40H49ClFN3O10. The molecule has 0 radical (unpaired) electrons. The van der Waals surface area contributed by atoms with Gasteiger partial charge < -0.3 is 44.3 Å². The fourth-order valence-corrected chi connectivity index (χ4v) is 7.62. The first-order valence-electron chi connectivity index (χ1n) is 18.0. The van der Waals surface area contributed by atoms with E-state index in [1.807, 2.05) is 13.0 Å². The van der Waals surface area contributed by atoms with Crippen molar-refractivity contribution in [1.82, 2.24) is 4.90 Å². The first-order valence-corrected chi connectivity index (χ1v) is 18.3. The van der Waals surface area contributed by atoms with Gasteiger partial charge in [0.15, 0.2) is 0 Å². The molecule has 0 aromatic heterocycles. The Bertz CT molecular complexity index is 1910. The molecule has 0 unspecified atom stereocenters. The molecular weight excluding hydrogens is 737 g/mol. The summed E-state index contributed by atoms with van der Waals surface area (Å²) in [4.78, 5) is 56.8. The minimum atomic E-state index is -1.61. The second kappa shape index (κ2) is 16.3. The number of carbonyl (C=O) groups excluding carboxylic acids is 4. The molecule has 8 atom stereocenters. The Morgan fingerprint density at radius 1 is 1.20 bits per heavy atom. The number of esters is 2. The average molecular weight is 786 g/mol. The number of ether oxygens (including phenoxy) is 5. The van der Waals surface area contributed by atoms with Crippen molar-refractivity contribution in [2.45, 2.75) is 95.0 Å². The number of fused-ring (bicyclic) bond motifs is 5. The van der Waals surface area contributed by atoms with Crippen molar-refractivity contribution in [3.63, 3.8) is 0 Å². The number of carbonyl (C=O) groups is 4. The molecule has 5 rings (SSSR count). The van der Waals surface area contributed by atoms with Gasteiger partial charge in [0, 0.05) is 39.1 Å². The number of allylic oxidation sites excluding steroid dienone is 3. The predicted molar refractivity (Wildman–Crippen MR) is 202 cm³/mol. The first kappa shape index (κ1) is 41.7. The lowest BCUT2D eigenvalue weighted by molar-refractivity contribution is -0.187. The molecule has 3 heterocycles. The highest BCUT2D eigenvalue weighted by Gasteiger charge is 2.64. The van der Waals surface area contributed by atoms with Gasteiger partial charge in [0.05, 0.1) is 37.4 Å². The smallest absolute Gasteiger partial charge is 0.328 e. The summed E-state index contributed by atoms with van der Waals surface area (Å²) in [5.74, 6) is -3.43. The SMILES string of the molecule is COc1cc2cc(c1Cl)N(C)C(=O)C[C@H](OC(=O)[C@H](C)N(C)C(=O)c1ccc(F)c(N)c1)[C@]1(C)O[C@H]1[C@H](C)[C@@H]1C[C@@](O)(CC(=O)O1)[C@H](OC)/C=C/C=C(\C)C2. The Morgan fingerprint density at radius 2 is 1.91 bits per heavy atom. The maximum atomic E-state index is 14.2. The standard InChI is InChI=1S/C40H49ClFN3O10/c1-21-10-9-11-31(52-8)40(50)19-30(53-34(47)20-40)22(2)36-39(4,55-36)32(18-33(46)45(6)28-15-24(14-21)16-29(51-7)35(28)41)54-38(49)23(3)44(5)37(48)25-12-13-26(42)27(43)17-25/h9-13,15-17,22-23,30-32,36,50H,14,18-20,43H2,1-8H3/b11-9+,21-10+/t22-,23+,30+,31-,32+,36+,39+,40-/m1/s1. The van der Waals surface area contributed by atoms with Crippen LogP contribution in [-0.2, 0) is 39.8 Å². The van der Waals surface area contributed by atoms with E-state index in [0.717, 1.165) is 22.1 Å². The lowest BCUT2D eigenvalue weighted by Crippen LogP contribution is -2.53. The van der Waals surface area contributed by atoms with Crippen LogP contribution in [0.25, 0.3) is 0 Å². The Balaban J connectivity index is 1.52. The molecule has 0 aliphatic carbocycles. The van der Waals surface area contributed by atoms with E-state index in [9.17, 15) is 28.7 Å². The summed E-state index contributed by atoms with van der Waals surface area (Å²) >= 11 is 6.76. The number of nitrogens with two attached hydrogens (primary N) is 1. The molecule has 2 amide bonds. The highest BCUT2D eigenvalue weighted by atomic mass is 35.5. The normalized spacial score (nSPS) is 30.6. The van der Waals surface area contributed by atoms with E-state index in [1.165, 1.54) is 45.2 Å². The number of aliphatic hydroxyl groups is 1. The van der Waals surface area contributed by atoms with Gasteiger partial charge in [-0.1, -0.05) is 42.3 Å². The summed E-state index contributed by atoms with van der Waals surface area (Å²) in [6.07, 6.45) is 1.54. The van der Waals surface area contributed by atoms with E-state index in [0.29, 0.717) is 17.9 Å². The van der Waals surface area contributed by atoms with Crippen molar-refractivity contribution in [2.75, 3.05) is 38.9 Å². The maximum absolute atomic E-state index is 14.2. The summed E-state index contributed by atoms with van der Waals surface area (Å²) in [5.41, 5.74) is 4.70. The highest BCUT2D eigenvalue weighted by molar-refractivity contribution is 6.35. The van der Waals surface area contributed by atoms with Crippen LogP contribution in [0.1, 0.15) is 62.9 Å². The van der Waals surface area contributed by atoms with Crippen molar-refractivity contribution >= 4 is 46.7 Å². The minimum Gasteiger partial charge on any atom is -0.495 e. The average Bonchev–Trinajstić information content (AvgIpc) is 3.84. The van der Waals surface area contributed by atoms with E-state index in [2.05, 4.69) is 0 Å². The number of nitrogens with zero attached hydrogens (tertiary/aromatic N) is 2. The number of rotatable bonds is 6. The van der Waals surface area contributed by atoms with E-state index in [4.69, 9.17) is 41.0 Å². The molecule has 2 fully saturated rings. The van der Waals surface area contributed by atoms with Crippen LogP contribution in [-0.4, -0.2) is 104 Å². The van der Waals surface area contributed by atoms with Crippen molar-refractivity contribution < 1.29 is 52.4 Å². The van der Waals surface area contributed by atoms with Crippen LogP contribution in [0.5, 0.6) is 5.75 Å². The molecule has 2 saturated heterocycles. The topological polar surface area (TPSA) is 170 Å². The van der Waals surface area contributed by atoms with Gasteiger partial charge in [0.2, 0.25) is 5.91 Å². The Morgan fingerprint density at radius 3 is 2.56 bits per heavy atom. The largest absolute Gasteiger partial charge is 0.495 e. The van der Waals surface area contributed by atoms with Gasteiger partial charge in [-0.05, 0) is 63.1 Å². The van der Waals surface area contributed by atoms with Gasteiger partial charge >= 0.3 is 11.9 Å². The molecule has 3 N–H and O–H groups in total. The van der Waals surface area contributed by atoms with Gasteiger partial charge in [-0.25, -0.2) is 9.18 Å². The number of benzene rings is 2. The quantitative estimate of drug-likeness (QED) is 0.234. The Hall–Kier alpha value is -4.50. The highest BCUT2D eigenvalue weighted by Crippen LogP contribution is 2.50. The molecule has 15 heteroatoms. The van der Waals surface area contributed by atoms with Gasteiger partial charge in [-0.2, -0.15) is 0 Å². The van der Waals surface area contributed by atoms with E-state index < -0.39 is 77.1 Å². The third-order valence-corrected chi connectivity index (χ3v) is 11.3. The number of amides is 2. The Kier molecular flexibility index (Phi) is 12.4. The number of epoxide rings is 1. The first-order chi connectivity index (χ1) is 25.8. The van der Waals surface area contributed by atoms with E-state index >= 15 is 0 Å². The second-order valence-electron chi connectivity index (χ2n) is 14.9.